The Morgan fingerprint density at radius 2 is 2.00 bits per heavy atom. The van der Waals surface area contributed by atoms with Crippen LogP contribution in [0.4, 0.5) is 13.2 Å². The van der Waals surface area contributed by atoms with Gasteiger partial charge >= 0.3 is 6.36 Å². The lowest BCUT2D eigenvalue weighted by molar-refractivity contribution is -0.274. The first-order valence-electron chi connectivity index (χ1n) is 6.97. The fraction of sp³-hybridized carbons (Fsp3) is 0.533. The zero-order chi connectivity index (χ0) is 16.6. The van der Waals surface area contributed by atoms with Crippen molar-refractivity contribution >= 4 is 5.91 Å². The number of nitrogens with one attached hydrogen (secondary N) is 1. The van der Waals surface area contributed by atoms with Crippen LogP contribution in [0, 0.1) is 0 Å². The molecule has 0 saturated carbocycles. The molecule has 0 spiro atoms. The van der Waals surface area contributed by atoms with Crippen molar-refractivity contribution in [2.45, 2.75) is 38.6 Å². The summed E-state index contributed by atoms with van der Waals surface area (Å²) in [5, 5.41) is 2.78. The summed E-state index contributed by atoms with van der Waals surface area (Å²) in [5.41, 5.74) is 0.342. The van der Waals surface area contributed by atoms with Crippen molar-refractivity contribution in [3.05, 3.63) is 29.8 Å². The monoisotopic (exact) mass is 319 g/mol. The second-order valence-electron chi connectivity index (χ2n) is 4.78. The second-order valence-corrected chi connectivity index (χ2v) is 4.78. The summed E-state index contributed by atoms with van der Waals surface area (Å²) < 4.78 is 45.8. The maximum atomic E-state index is 12.3. The molecule has 0 saturated heterocycles. The van der Waals surface area contributed by atoms with E-state index in [4.69, 9.17) is 4.74 Å². The lowest BCUT2D eigenvalue weighted by Gasteiger charge is -2.16. The molecule has 1 N–H and O–H groups in total. The first-order valence-corrected chi connectivity index (χ1v) is 6.97. The molecule has 0 fully saturated rings. The quantitative estimate of drug-likeness (QED) is 0.801. The van der Waals surface area contributed by atoms with Crippen LogP contribution in [0.15, 0.2) is 24.3 Å². The third-order valence-corrected chi connectivity index (χ3v) is 3.05. The molecular weight excluding hydrogens is 299 g/mol. The van der Waals surface area contributed by atoms with Gasteiger partial charge in [0.2, 0.25) is 5.91 Å². The van der Waals surface area contributed by atoms with Crippen molar-refractivity contribution in [1.29, 1.82) is 0 Å². The van der Waals surface area contributed by atoms with Gasteiger partial charge in [-0.15, -0.1) is 13.2 Å². The number of alkyl halides is 3. The van der Waals surface area contributed by atoms with E-state index in [9.17, 15) is 18.0 Å². The standard InChI is InChI=1S/C15H20F3NO3/c1-3-12(10-21-2)19-14(20)9-8-11-6-4-5-7-13(11)22-15(16,17)18/h4-7,12H,3,8-10H2,1-2H3,(H,19,20). The van der Waals surface area contributed by atoms with Gasteiger partial charge in [-0.2, -0.15) is 0 Å². The van der Waals surface area contributed by atoms with Gasteiger partial charge in [0.05, 0.1) is 12.6 Å². The highest BCUT2D eigenvalue weighted by molar-refractivity contribution is 5.76. The highest BCUT2D eigenvalue weighted by Gasteiger charge is 2.31. The fourth-order valence-electron chi connectivity index (χ4n) is 1.95. The zero-order valence-corrected chi connectivity index (χ0v) is 12.6. The van der Waals surface area contributed by atoms with Gasteiger partial charge in [-0.05, 0) is 24.5 Å². The number of para-hydroxylation sites is 1. The molecule has 0 aromatic heterocycles. The van der Waals surface area contributed by atoms with E-state index >= 15 is 0 Å². The number of hydrogen-bond donors (Lipinski definition) is 1. The van der Waals surface area contributed by atoms with Crippen molar-refractivity contribution in [3.63, 3.8) is 0 Å². The molecule has 124 valence electrons. The Kier molecular flexibility index (Phi) is 7.17. The van der Waals surface area contributed by atoms with Crippen molar-refractivity contribution in [3.8, 4) is 5.75 Å². The zero-order valence-electron chi connectivity index (χ0n) is 12.6. The van der Waals surface area contributed by atoms with E-state index < -0.39 is 6.36 Å². The van der Waals surface area contributed by atoms with Crippen LogP contribution in [0.25, 0.3) is 0 Å². The minimum atomic E-state index is -4.75. The van der Waals surface area contributed by atoms with Gasteiger partial charge in [-0.1, -0.05) is 25.1 Å². The van der Waals surface area contributed by atoms with Gasteiger partial charge < -0.3 is 14.8 Å². The first-order chi connectivity index (χ1) is 10.4. The van der Waals surface area contributed by atoms with Gasteiger partial charge in [-0.25, -0.2) is 0 Å². The van der Waals surface area contributed by atoms with Crippen LogP contribution in [0.5, 0.6) is 5.75 Å². The number of aryl methyl sites for hydroxylation is 1. The molecule has 1 amide bonds. The third kappa shape index (κ3) is 6.80. The molecule has 7 heteroatoms. The average molecular weight is 319 g/mol. The molecule has 4 nitrogen and oxygen atoms in total. The maximum absolute atomic E-state index is 12.3. The summed E-state index contributed by atoms with van der Waals surface area (Å²) in [6.45, 7) is 2.31. The molecule has 0 radical (unpaired) electrons. The van der Waals surface area contributed by atoms with Crippen LogP contribution in [0.3, 0.4) is 0 Å². The summed E-state index contributed by atoms with van der Waals surface area (Å²) in [6, 6.07) is 5.72. The predicted molar refractivity (Wildman–Crippen MR) is 75.5 cm³/mol. The van der Waals surface area contributed by atoms with Crippen LogP contribution in [0.2, 0.25) is 0 Å². The number of hydrogen-bond acceptors (Lipinski definition) is 3. The molecule has 1 rings (SSSR count). The Morgan fingerprint density at radius 1 is 1.32 bits per heavy atom. The van der Waals surface area contributed by atoms with Crippen molar-refractivity contribution < 1.29 is 27.4 Å². The van der Waals surface area contributed by atoms with Gasteiger partial charge in [0.25, 0.3) is 0 Å². The molecule has 22 heavy (non-hydrogen) atoms. The van der Waals surface area contributed by atoms with E-state index in [0.29, 0.717) is 18.6 Å². The molecule has 1 aromatic rings. The Balaban J connectivity index is 2.59. The minimum absolute atomic E-state index is 0.0818. The number of halogens is 3. The molecule has 0 aliphatic carbocycles. The van der Waals surface area contributed by atoms with Gasteiger partial charge in [0, 0.05) is 13.5 Å². The molecule has 0 aliphatic rings. The van der Waals surface area contributed by atoms with E-state index in [1.807, 2.05) is 6.92 Å². The fourth-order valence-corrected chi connectivity index (χ4v) is 1.95. The van der Waals surface area contributed by atoms with Crippen LogP contribution in [-0.4, -0.2) is 32.0 Å². The number of methoxy groups -OCH3 is 1. The summed E-state index contributed by atoms with van der Waals surface area (Å²) in [6.07, 6.45) is -3.78. The Hall–Kier alpha value is -1.76. The van der Waals surface area contributed by atoms with Crippen LogP contribution in [0.1, 0.15) is 25.3 Å². The van der Waals surface area contributed by atoms with Gasteiger partial charge in [0.15, 0.2) is 0 Å². The van der Waals surface area contributed by atoms with Gasteiger partial charge in [0.1, 0.15) is 5.75 Å². The topological polar surface area (TPSA) is 47.6 Å². The largest absolute Gasteiger partial charge is 0.573 e. The van der Waals surface area contributed by atoms with Crippen molar-refractivity contribution in [2.75, 3.05) is 13.7 Å². The number of carbonyl (C=O) groups excluding carboxylic acids is 1. The van der Waals surface area contributed by atoms with Crippen molar-refractivity contribution in [2.24, 2.45) is 0 Å². The average Bonchev–Trinajstić information content (AvgIpc) is 2.44. The van der Waals surface area contributed by atoms with Crippen LogP contribution in [-0.2, 0) is 16.0 Å². The van der Waals surface area contributed by atoms with Crippen molar-refractivity contribution in [1.82, 2.24) is 5.32 Å². The molecule has 1 atom stereocenters. The molecular formula is C15H20F3NO3. The number of benzene rings is 1. The number of carbonyl (C=O) groups is 1. The highest BCUT2D eigenvalue weighted by Crippen LogP contribution is 2.26. The third-order valence-electron chi connectivity index (χ3n) is 3.05. The Bertz CT molecular complexity index is 477. The molecule has 1 unspecified atom stereocenters. The molecule has 0 heterocycles. The Labute approximate surface area is 127 Å². The number of rotatable bonds is 8. The lowest BCUT2D eigenvalue weighted by Crippen LogP contribution is -2.37. The first kappa shape index (κ1) is 18.3. The Morgan fingerprint density at radius 3 is 2.59 bits per heavy atom. The smallest absolute Gasteiger partial charge is 0.406 e. The summed E-state index contributed by atoms with van der Waals surface area (Å²) in [5.74, 6) is -0.502. The normalized spacial score (nSPS) is 12.8. The van der Waals surface area contributed by atoms with E-state index in [-0.39, 0.29) is 30.5 Å². The summed E-state index contributed by atoms with van der Waals surface area (Å²) in [7, 11) is 1.54. The lowest BCUT2D eigenvalue weighted by atomic mass is 10.1. The van der Waals surface area contributed by atoms with Crippen LogP contribution < -0.4 is 10.1 Å². The molecule has 1 aromatic carbocycles. The van der Waals surface area contributed by atoms with E-state index in [0.717, 1.165) is 0 Å². The maximum Gasteiger partial charge on any atom is 0.573 e. The minimum Gasteiger partial charge on any atom is -0.406 e. The van der Waals surface area contributed by atoms with Gasteiger partial charge in [-0.3, -0.25) is 4.79 Å². The SMILES string of the molecule is CCC(COC)NC(=O)CCc1ccccc1OC(F)(F)F. The molecule has 0 aliphatic heterocycles. The van der Waals surface area contributed by atoms with Crippen LogP contribution >= 0.6 is 0 Å². The molecule has 0 bridgehead atoms. The van der Waals surface area contributed by atoms with E-state index in [1.54, 1.807) is 13.2 Å². The number of amides is 1. The predicted octanol–water partition coefficient (Wildman–Crippen LogP) is 3.06. The summed E-state index contributed by atoms with van der Waals surface area (Å²) >= 11 is 0. The summed E-state index contributed by atoms with van der Waals surface area (Å²) in [4.78, 5) is 11.8. The van der Waals surface area contributed by atoms with E-state index in [1.165, 1.54) is 18.2 Å². The number of ether oxygens (including phenoxy) is 2. The van der Waals surface area contributed by atoms with E-state index in [2.05, 4.69) is 10.1 Å². The highest BCUT2D eigenvalue weighted by atomic mass is 19.4. The second kappa shape index (κ2) is 8.63.